The molecule has 2 N–H and O–H groups in total. The molecule has 0 saturated heterocycles. The molecule has 80 valence electrons. The summed E-state index contributed by atoms with van der Waals surface area (Å²) in [7, 11) is 0. The lowest BCUT2D eigenvalue weighted by Gasteiger charge is -2.01. The Balaban J connectivity index is 0.000000241. The number of hydrogen-bond acceptors (Lipinski definition) is 2. The minimum atomic E-state index is -0.208. The zero-order valence-electron chi connectivity index (χ0n) is 8.70. The van der Waals surface area contributed by atoms with E-state index >= 15 is 0 Å². The predicted octanol–water partition coefficient (Wildman–Crippen LogP) is 2.32. The highest BCUT2D eigenvalue weighted by Gasteiger charge is 1.88. The maximum absolute atomic E-state index is 8.62. The number of likely N-dealkylation sites (N-methyl/N-ethyl adjacent to an activating group) is 1. The van der Waals surface area contributed by atoms with Crippen molar-refractivity contribution in [2.45, 2.75) is 20.0 Å². The standard InChI is InChI=1S/C6H5Cl.C5H13NO/c7-6-4-2-1-3-5-6;1-3-6-4-5(2)7/h1-5H;5-7H,3-4H2,1-2H3. The molecule has 14 heavy (non-hydrogen) atoms. The van der Waals surface area contributed by atoms with Crippen LogP contribution < -0.4 is 5.32 Å². The second kappa shape index (κ2) is 9.00. The van der Waals surface area contributed by atoms with Crippen LogP contribution in [0, 0.1) is 0 Å². The second-order valence-electron chi connectivity index (χ2n) is 2.95. The molecular formula is C11H18ClNO. The number of nitrogens with one attached hydrogen (secondary N) is 1. The van der Waals surface area contributed by atoms with Gasteiger partial charge in [-0.25, -0.2) is 0 Å². The molecule has 0 aliphatic heterocycles. The Hall–Kier alpha value is -0.570. The van der Waals surface area contributed by atoms with E-state index in [0.29, 0.717) is 6.54 Å². The largest absolute Gasteiger partial charge is 0.392 e. The van der Waals surface area contributed by atoms with Gasteiger partial charge in [-0.3, -0.25) is 0 Å². The number of benzene rings is 1. The van der Waals surface area contributed by atoms with Crippen molar-refractivity contribution < 1.29 is 5.11 Å². The first-order valence-corrected chi connectivity index (χ1v) is 5.14. The van der Waals surface area contributed by atoms with Gasteiger partial charge in [-0.05, 0) is 25.6 Å². The topological polar surface area (TPSA) is 32.3 Å². The summed E-state index contributed by atoms with van der Waals surface area (Å²) in [5.74, 6) is 0. The van der Waals surface area contributed by atoms with E-state index in [1.54, 1.807) is 6.92 Å². The molecule has 0 bridgehead atoms. The van der Waals surface area contributed by atoms with E-state index in [0.717, 1.165) is 11.6 Å². The van der Waals surface area contributed by atoms with Gasteiger partial charge in [0.2, 0.25) is 0 Å². The highest BCUT2D eigenvalue weighted by atomic mass is 35.5. The molecule has 1 unspecified atom stereocenters. The third-order valence-electron chi connectivity index (χ3n) is 1.42. The van der Waals surface area contributed by atoms with Gasteiger partial charge in [-0.15, -0.1) is 0 Å². The molecule has 0 radical (unpaired) electrons. The van der Waals surface area contributed by atoms with E-state index < -0.39 is 0 Å². The summed E-state index contributed by atoms with van der Waals surface area (Å²) >= 11 is 5.54. The molecule has 0 aromatic heterocycles. The van der Waals surface area contributed by atoms with Crippen molar-refractivity contribution >= 4 is 11.6 Å². The summed E-state index contributed by atoms with van der Waals surface area (Å²) in [6.45, 7) is 5.42. The first-order valence-electron chi connectivity index (χ1n) is 4.76. The van der Waals surface area contributed by atoms with Crippen LogP contribution in [0.15, 0.2) is 30.3 Å². The number of aliphatic hydroxyl groups is 1. The van der Waals surface area contributed by atoms with Crippen LogP contribution in [0.4, 0.5) is 0 Å². The monoisotopic (exact) mass is 215 g/mol. The molecule has 1 aromatic carbocycles. The molecule has 0 saturated carbocycles. The Kier molecular flexibility index (Phi) is 8.64. The third-order valence-corrected chi connectivity index (χ3v) is 1.67. The van der Waals surface area contributed by atoms with Crippen molar-refractivity contribution in [3.63, 3.8) is 0 Å². The van der Waals surface area contributed by atoms with Gasteiger partial charge in [0.15, 0.2) is 0 Å². The van der Waals surface area contributed by atoms with Gasteiger partial charge < -0.3 is 10.4 Å². The normalized spacial score (nSPS) is 11.4. The maximum atomic E-state index is 8.62. The first-order chi connectivity index (χ1) is 6.66. The molecule has 1 rings (SSSR count). The van der Waals surface area contributed by atoms with Crippen LogP contribution in [0.1, 0.15) is 13.8 Å². The number of halogens is 1. The molecule has 0 fully saturated rings. The fourth-order valence-corrected chi connectivity index (χ4v) is 0.913. The minimum Gasteiger partial charge on any atom is -0.392 e. The maximum Gasteiger partial charge on any atom is 0.0636 e. The van der Waals surface area contributed by atoms with Crippen molar-refractivity contribution in [1.29, 1.82) is 0 Å². The fraction of sp³-hybridized carbons (Fsp3) is 0.455. The van der Waals surface area contributed by atoms with Crippen LogP contribution in [0.25, 0.3) is 0 Å². The van der Waals surface area contributed by atoms with Gasteiger partial charge in [0, 0.05) is 11.6 Å². The molecule has 0 spiro atoms. The fourth-order valence-electron chi connectivity index (χ4n) is 0.768. The van der Waals surface area contributed by atoms with Gasteiger partial charge in [-0.2, -0.15) is 0 Å². The van der Waals surface area contributed by atoms with E-state index in [4.69, 9.17) is 16.7 Å². The van der Waals surface area contributed by atoms with Gasteiger partial charge in [0.05, 0.1) is 6.10 Å². The Labute approximate surface area is 90.9 Å². The number of hydrogen-bond donors (Lipinski definition) is 2. The van der Waals surface area contributed by atoms with Crippen molar-refractivity contribution in [3.05, 3.63) is 35.4 Å². The molecular weight excluding hydrogens is 198 g/mol. The summed E-state index contributed by atoms with van der Waals surface area (Å²) in [4.78, 5) is 0. The van der Waals surface area contributed by atoms with E-state index in [1.165, 1.54) is 0 Å². The smallest absolute Gasteiger partial charge is 0.0636 e. The number of rotatable bonds is 3. The molecule has 0 aliphatic carbocycles. The lowest BCUT2D eigenvalue weighted by atomic mass is 10.4. The molecule has 3 heteroatoms. The zero-order chi connectivity index (χ0) is 10.8. The van der Waals surface area contributed by atoms with Crippen molar-refractivity contribution in [2.75, 3.05) is 13.1 Å². The second-order valence-corrected chi connectivity index (χ2v) is 3.39. The van der Waals surface area contributed by atoms with Crippen LogP contribution in [-0.4, -0.2) is 24.3 Å². The quantitative estimate of drug-likeness (QED) is 0.811. The Morgan fingerprint density at radius 2 is 1.93 bits per heavy atom. The van der Waals surface area contributed by atoms with Gasteiger partial charge >= 0.3 is 0 Å². The van der Waals surface area contributed by atoms with Crippen LogP contribution in [0.5, 0.6) is 0 Å². The highest BCUT2D eigenvalue weighted by Crippen LogP contribution is 2.03. The highest BCUT2D eigenvalue weighted by molar-refractivity contribution is 6.30. The van der Waals surface area contributed by atoms with Crippen LogP contribution >= 0.6 is 11.6 Å². The van der Waals surface area contributed by atoms with Gasteiger partial charge in [-0.1, -0.05) is 36.7 Å². The Morgan fingerprint density at radius 1 is 1.36 bits per heavy atom. The Morgan fingerprint density at radius 3 is 2.14 bits per heavy atom. The van der Waals surface area contributed by atoms with Gasteiger partial charge in [0.25, 0.3) is 0 Å². The number of aliphatic hydroxyl groups excluding tert-OH is 1. The summed E-state index contributed by atoms with van der Waals surface area (Å²) in [6.07, 6.45) is -0.208. The average Bonchev–Trinajstić information content (AvgIpc) is 2.17. The summed E-state index contributed by atoms with van der Waals surface area (Å²) in [5.41, 5.74) is 0. The molecule has 0 aliphatic rings. The Bertz CT molecular complexity index is 214. The van der Waals surface area contributed by atoms with Crippen LogP contribution in [-0.2, 0) is 0 Å². The predicted molar refractivity (Wildman–Crippen MR) is 61.7 cm³/mol. The summed E-state index contributed by atoms with van der Waals surface area (Å²) < 4.78 is 0. The minimum absolute atomic E-state index is 0.208. The van der Waals surface area contributed by atoms with E-state index in [9.17, 15) is 0 Å². The summed E-state index contributed by atoms with van der Waals surface area (Å²) in [6, 6.07) is 9.44. The first kappa shape index (κ1) is 13.4. The van der Waals surface area contributed by atoms with Crippen molar-refractivity contribution in [2.24, 2.45) is 0 Å². The van der Waals surface area contributed by atoms with E-state index in [-0.39, 0.29) is 6.10 Å². The molecule has 2 nitrogen and oxygen atoms in total. The lowest BCUT2D eigenvalue weighted by Crippen LogP contribution is -2.23. The SMILES string of the molecule is CCNCC(C)O.Clc1ccccc1. The van der Waals surface area contributed by atoms with E-state index in [2.05, 4.69) is 5.32 Å². The third kappa shape index (κ3) is 9.52. The molecule has 0 heterocycles. The van der Waals surface area contributed by atoms with Gasteiger partial charge in [0.1, 0.15) is 0 Å². The van der Waals surface area contributed by atoms with Crippen molar-refractivity contribution in [1.82, 2.24) is 5.32 Å². The van der Waals surface area contributed by atoms with E-state index in [1.807, 2.05) is 37.3 Å². The molecule has 1 aromatic rings. The van der Waals surface area contributed by atoms with Crippen LogP contribution in [0.2, 0.25) is 5.02 Å². The average molecular weight is 216 g/mol. The zero-order valence-corrected chi connectivity index (χ0v) is 9.46. The lowest BCUT2D eigenvalue weighted by molar-refractivity contribution is 0.192. The van der Waals surface area contributed by atoms with Crippen molar-refractivity contribution in [3.8, 4) is 0 Å². The van der Waals surface area contributed by atoms with Crippen LogP contribution in [0.3, 0.4) is 0 Å². The molecule has 0 amide bonds. The summed E-state index contributed by atoms with van der Waals surface area (Å²) in [5, 5.41) is 12.4. The molecule has 1 atom stereocenters.